The summed E-state index contributed by atoms with van der Waals surface area (Å²) in [6, 6.07) is 3.92. The number of pyridine rings is 1. The number of aryl methyl sites for hydroxylation is 1. The van der Waals surface area contributed by atoms with Crippen LogP contribution < -0.4 is 11.1 Å². The van der Waals surface area contributed by atoms with Crippen molar-refractivity contribution in [2.75, 3.05) is 6.54 Å². The van der Waals surface area contributed by atoms with E-state index < -0.39 is 0 Å². The van der Waals surface area contributed by atoms with Gasteiger partial charge in [0.05, 0.1) is 12.2 Å². The lowest BCUT2D eigenvalue weighted by Crippen LogP contribution is -2.38. The number of hydrogen-bond donors (Lipinski definition) is 2. The highest BCUT2D eigenvalue weighted by atomic mass is 16.1. The molecule has 4 nitrogen and oxygen atoms in total. The Morgan fingerprint density at radius 1 is 1.40 bits per heavy atom. The van der Waals surface area contributed by atoms with Gasteiger partial charge in [-0.15, -0.1) is 0 Å². The summed E-state index contributed by atoms with van der Waals surface area (Å²) in [7, 11) is 0. The zero-order valence-electron chi connectivity index (χ0n) is 12.3. The van der Waals surface area contributed by atoms with Gasteiger partial charge in [0.1, 0.15) is 0 Å². The fourth-order valence-corrected chi connectivity index (χ4v) is 3.04. The third kappa shape index (κ3) is 3.79. The van der Waals surface area contributed by atoms with E-state index in [0.29, 0.717) is 19.5 Å². The van der Waals surface area contributed by atoms with Crippen molar-refractivity contribution < 1.29 is 4.79 Å². The minimum atomic E-state index is 0.0293. The second kappa shape index (κ2) is 6.84. The highest BCUT2D eigenvalue weighted by molar-refractivity contribution is 5.76. The van der Waals surface area contributed by atoms with Gasteiger partial charge in [0.2, 0.25) is 5.91 Å². The van der Waals surface area contributed by atoms with E-state index in [1.165, 1.54) is 19.3 Å². The Kier molecular flexibility index (Phi) is 5.12. The summed E-state index contributed by atoms with van der Waals surface area (Å²) >= 11 is 0. The molecule has 2 rings (SSSR count). The molecule has 0 unspecified atom stereocenters. The molecule has 4 heteroatoms. The van der Waals surface area contributed by atoms with Crippen LogP contribution in [0.3, 0.4) is 0 Å². The first-order chi connectivity index (χ1) is 9.65. The lowest BCUT2D eigenvalue weighted by atomic mass is 9.71. The monoisotopic (exact) mass is 275 g/mol. The predicted molar refractivity (Wildman–Crippen MR) is 80.0 cm³/mol. The summed E-state index contributed by atoms with van der Waals surface area (Å²) in [6.45, 7) is 3.13. The van der Waals surface area contributed by atoms with Crippen LogP contribution in [0.5, 0.6) is 0 Å². The first-order valence-electron chi connectivity index (χ1n) is 7.52. The van der Waals surface area contributed by atoms with Gasteiger partial charge in [-0.1, -0.05) is 25.3 Å². The minimum absolute atomic E-state index is 0.0293. The summed E-state index contributed by atoms with van der Waals surface area (Å²) in [5.74, 6) is 0.0994. The van der Waals surface area contributed by atoms with Crippen molar-refractivity contribution in [2.45, 2.75) is 52.0 Å². The van der Waals surface area contributed by atoms with Gasteiger partial charge in [0, 0.05) is 12.6 Å². The summed E-state index contributed by atoms with van der Waals surface area (Å²) in [5, 5.41) is 2.99. The Morgan fingerprint density at radius 2 is 2.15 bits per heavy atom. The standard InChI is InChI=1S/C16H25N3O/c1-13-6-5-9-18-14(13)11-19-15(20)10-16(12-17)7-3-2-4-8-16/h5-6,9H,2-4,7-8,10-12,17H2,1H3,(H,19,20). The zero-order valence-corrected chi connectivity index (χ0v) is 12.3. The van der Waals surface area contributed by atoms with Crippen LogP contribution in [0.1, 0.15) is 49.8 Å². The molecule has 1 aromatic rings. The Hall–Kier alpha value is -1.42. The van der Waals surface area contributed by atoms with Crippen molar-refractivity contribution in [1.29, 1.82) is 0 Å². The van der Waals surface area contributed by atoms with Crippen LogP contribution in [0.2, 0.25) is 0 Å². The van der Waals surface area contributed by atoms with Crippen molar-refractivity contribution >= 4 is 5.91 Å². The van der Waals surface area contributed by atoms with Crippen LogP contribution in [0.25, 0.3) is 0 Å². The number of nitrogens with zero attached hydrogens (tertiary/aromatic N) is 1. The smallest absolute Gasteiger partial charge is 0.220 e. The number of amides is 1. The molecule has 0 bridgehead atoms. The SMILES string of the molecule is Cc1cccnc1CNC(=O)CC1(CN)CCCCC1. The largest absolute Gasteiger partial charge is 0.350 e. The Labute approximate surface area is 121 Å². The molecule has 0 aliphatic heterocycles. The van der Waals surface area contributed by atoms with Crippen LogP contribution in [-0.4, -0.2) is 17.4 Å². The van der Waals surface area contributed by atoms with Crippen LogP contribution >= 0.6 is 0 Å². The van der Waals surface area contributed by atoms with Gasteiger partial charge in [0.25, 0.3) is 0 Å². The van der Waals surface area contributed by atoms with Gasteiger partial charge in [-0.05, 0) is 43.4 Å². The number of hydrogen-bond acceptors (Lipinski definition) is 3. The van der Waals surface area contributed by atoms with Gasteiger partial charge < -0.3 is 11.1 Å². The van der Waals surface area contributed by atoms with Crippen LogP contribution in [0.4, 0.5) is 0 Å². The molecule has 0 saturated heterocycles. The highest BCUT2D eigenvalue weighted by Gasteiger charge is 2.32. The number of rotatable bonds is 5. The lowest BCUT2D eigenvalue weighted by molar-refractivity contribution is -0.124. The van der Waals surface area contributed by atoms with Gasteiger partial charge in [0.15, 0.2) is 0 Å². The third-order valence-corrected chi connectivity index (χ3v) is 4.45. The Morgan fingerprint density at radius 3 is 2.80 bits per heavy atom. The first-order valence-corrected chi connectivity index (χ1v) is 7.52. The second-order valence-electron chi connectivity index (χ2n) is 5.99. The predicted octanol–water partition coefficient (Wildman–Crippen LogP) is 2.31. The molecule has 1 aliphatic rings. The van der Waals surface area contributed by atoms with Gasteiger partial charge in [-0.2, -0.15) is 0 Å². The number of nitrogens with two attached hydrogens (primary N) is 1. The molecule has 0 aromatic carbocycles. The molecule has 20 heavy (non-hydrogen) atoms. The molecule has 110 valence electrons. The molecular weight excluding hydrogens is 250 g/mol. The Balaban J connectivity index is 1.87. The summed E-state index contributed by atoms with van der Waals surface area (Å²) in [6.07, 6.45) is 8.15. The average Bonchev–Trinajstić information content (AvgIpc) is 2.47. The molecule has 1 fully saturated rings. The summed E-state index contributed by atoms with van der Waals surface area (Å²) < 4.78 is 0. The van der Waals surface area contributed by atoms with Crippen molar-refractivity contribution in [3.05, 3.63) is 29.6 Å². The van der Waals surface area contributed by atoms with Crippen LogP contribution in [-0.2, 0) is 11.3 Å². The number of carbonyl (C=O) groups excluding carboxylic acids is 1. The van der Waals surface area contributed by atoms with Gasteiger partial charge >= 0.3 is 0 Å². The molecular formula is C16H25N3O. The van der Waals surface area contributed by atoms with E-state index >= 15 is 0 Å². The van der Waals surface area contributed by atoms with Crippen molar-refractivity contribution in [3.8, 4) is 0 Å². The van der Waals surface area contributed by atoms with E-state index in [-0.39, 0.29) is 11.3 Å². The van der Waals surface area contributed by atoms with Crippen molar-refractivity contribution in [1.82, 2.24) is 10.3 Å². The maximum Gasteiger partial charge on any atom is 0.220 e. The summed E-state index contributed by atoms with van der Waals surface area (Å²) in [4.78, 5) is 16.5. The van der Waals surface area contributed by atoms with Gasteiger partial charge in [-0.3, -0.25) is 9.78 Å². The molecule has 0 spiro atoms. The Bertz CT molecular complexity index is 453. The van der Waals surface area contributed by atoms with E-state index in [1.54, 1.807) is 6.20 Å². The third-order valence-electron chi connectivity index (χ3n) is 4.45. The van der Waals surface area contributed by atoms with Crippen molar-refractivity contribution in [2.24, 2.45) is 11.1 Å². The van der Waals surface area contributed by atoms with Gasteiger partial charge in [-0.25, -0.2) is 0 Å². The fourth-order valence-electron chi connectivity index (χ4n) is 3.04. The molecule has 1 aromatic heterocycles. The van der Waals surface area contributed by atoms with Crippen LogP contribution in [0, 0.1) is 12.3 Å². The van der Waals surface area contributed by atoms with Crippen molar-refractivity contribution in [3.63, 3.8) is 0 Å². The molecule has 1 amide bonds. The minimum Gasteiger partial charge on any atom is -0.350 e. The highest BCUT2D eigenvalue weighted by Crippen LogP contribution is 2.38. The summed E-state index contributed by atoms with van der Waals surface area (Å²) in [5.41, 5.74) is 8.00. The maximum absolute atomic E-state index is 12.2. The fraction of sp³-hybridized carbons (Fsp3) is 0.625. The molecule has 1 aliphatic carbocycles. The molecule has 0 radical (unpaired) electrons. The molecule has 0 atom stereocenters. The second-order valence-corrected chi connectivity index (χ2v) is 5.99. The van der Waals surface area contributed by atoms with E-state index in [1.807, 2.05) is 19.1 Å². The molecule has 1 saturated carbocycles. The number of carbonyl (C=O) groups is 1. The maximum atomic E-state index is 12.2. The zero-order chi connectivity index (χ0) is 14.4. The lowest BCUT2D eigenvalue weighted by Gasteiger charge is -2.35. The molecule has 1 heterocycles. The topological polar surface area (TPSA) is 68.0 Å². The van der Waals surface area contributed by atoms with E-state index in [2.05, 4.69) is 10.3 Å². The molecule has 3 N–H and O–H groups in total. The number of aromatic nitrogens is 1. The van der Waals surface area contributed by atoms with E-state index in [4.69, 9.17) is 5.73 Å². The average molecular weight is 275 g/mol. The normalized spacial score (nSPS) is 17.7. The quantitative estimate of drug-likeness (QED) is 0.866. The van der Waals surface area contributed by atoms with Crippen LogP contribution in [0.15, 0.2) is 18.3 Å². The van der Waals surface area contributed by atoms with E-state index in [9.17, 15) is 4.79 Å². The number of nitrogens with one attached hydrogen (secondary N) is 1. The first kappa shape index (κ1) is 15.0. The van der Waals surface area contributed by atoms with E-state index in [0.717, 1.165) is 24.1 Å².